The first-order valence-electron chi connectivity index (χ1n) is 6.66. The fourth-order valence-electron chi connectivity index (χ4n) is 1.87. The molecule has 0 saturated heterocycles. The summed E-state index contributed by atoms with van der Waals surface area (Å²) >= 11 is 3.59. The molecule has 0 aliphatic rings. The third-order valence-electron chi connectivity index (χ3n) is 2.92. The number of benzene rings is 1. The highest BCUT2D eigenvalue weighted by Gasteiger charge is 2.15. The fourth-order valence-corrected chi connectivity index (χ4v) is 2.25. The Kier molecular flexibility index (Phi) is 6.90. The van der Waals surface area contributed by atoms with Gasteiger partial charge in [-0.05, 0) is 50.9 Å². The van der Waals surface area contributed by atoms with E-state index in [-0.39, 0.29) is 12.1 Å². The van der Waals surface area contributed by atoms with Crippen molar-refractivity contribution < 1.29 is 4.74 Å². The van der Waals surface area contributed by atoms with E-state index < -0.39 is 0 Å². The van der Waals surface area contributed by atoms with Gasteiger partial charge in [-0.3, -0.25) is 0 Å². The Morgan fingerprint density at radius 3 is 2.67 bits per heavy atom. The average Bonchev–Trinajstić information content (AvgIpc) is 2.33. The molecule has 0 aliphatic carbocycles. The minimum atomic E-state index is 0.267. The van der Waals surface area contributed by atoms with E-state index in [1.54, 1.807) is 0 Å². The topological polar surface area (TPSA) is 21.3 Å². The molecule has 1 aromatic rings. The monoisotopic (exact) mass is 313 g/mol. The number of hydrogen-bond acceptors (Lipinski definition) is 2. The molecule has 0 aromatic heterocycles. The summed E-state index contributed by atoms with van der Waals surface area (Å²) < 4.78 is 6.93. The van der Waals surface area contributed by atoms with Crippen LogP contribution in [0.2, 0.25) is 0 Å². The highest BCUT2D eigenvalue weighted by Crippen LogP contribution is 2.25. The molecule has 1 rings (SSSR count). The molecule has 0 spiro atoms. The second-order valence-corrected chi connectivity index (χ2v) is 5.70. The zero-order valence-corrected chi connectivity index (χ0v) is 13.4. The number of halogens is 1. The minimum absolute atomic E-state index is 0.267. The Hall–Kier alpha value is -0.380. The smallest absolute Gasteiger partial charge is 0.0665 e. The maximum Gasteiger partial charge on any atom is 0.0665 e. The van der Waals surface area contributed by atoms with Crippen molar-refractivity contribution in [2.75, 3.05) is 13.2 Å². The molecule has 1 atom stereocenters. The van der Waals surface area contributed by atoms with Crippen molar-refractivity contribution in [3.05, 3.63) is 33.8 Å². The Balaban J connectivity index is 2.83. The molecule has 3 heteroatoms. The number of ether oxygens (including phenoxy) is 1. The Morgan fingerprint density at radius 2 is 2.06 bits per heavy atom. The van der Waals surface area contributed by atoms with Crippen LogP contribution in [0.3, 0.4) is 0 Å². The van der Waals surface area contributed by atoms with Crippen molar-refractivity contribution >= 4 is 15.9 Å². The molecule has 0 heterocycles. The Labute approximate surface area is 119 Å². The van der Waals surface area contributed by atoms with Gasteiger partial charge in [0.25, 0.3) is 0 Å². The molecule has 102 valence electrons. The van der Waals surface area contributed by atoms with Gasteiger partial charge in [0, 0.05) is 4.47 Å². The van der Waals surface area contributed by atoms with E-state index in [9.17, 15) is 0 Å². The largest absolute Gasteiger partial charge is 0.377 e. The highest BCUT2D eigenvalue weighted by molar-refractivity contribution is 9.10. The van der Waals surface area contributed by atoms with Crippen LogP contribution in [0.5, 0.6) is 0 Å². The lowest BCUT2D eigenvalue weighted by molar-refractivity contribution is 0.0610. The van der Waals surface area contributed by atoms with Gasteiger partial charge in [-0.25, -0.2) is 0 Å². The quantitative estimate of drug-likeness (QED) is 0.813. The minimum Gasteiger partial charge on any atom is -0.377 e. The van der Waals surface area contributed by atoms with E-state index in [0.717, 1.165) is 24.0 Å². The van der Waals surface area contributed by atoms with Gasteiger partial charge in [-0.2, -0.15) is 0 Å². The molecular formula is C15H24BrNO. The summed E-state index contributed by atoms with van der Waals surface area (Å²) in [5.74, 6) is 0. The summed E-state index contributed by atoms with van der Waals surface area (Å²) in [7, 11) is 0. The second kappa shape index (κ2) is 7.93. The summed E-state index contributed by atoms with van der Waals surface area (Å²) in [4.78, 5) is 0. The average molecular weight is 314 g/mol. The van der Waals surface area contributed by atoms with Crippen LogP contribution in [0.25, 0.3) is 0 Å². The summed E-state index contributed by atoms with van der Waals surface area (Å²) in [5, 5.41) is 3.56. The Bertz CT molecular complexity index is 366. The van der Waals surface area contributed by atoms with E-state index in [2.05, 4.69) is 67.1 Å². The van der Waals surface area contributed by atoms with Crippen molar-refractivity contribution in [1.29, 1.82) is 0 Å². The SMILES string of the molecule is CCCNC(COC(C)C)c1cccc(Br)c1C. The maximum atomic E-state index is 5.77. The molecule has 1 N–H and O–H groups in total. The van der Waals surface area contributed by atoms with Crippen LogP contribution in [-0.4, -0.2) is 19.3 Å². The molecule has 0 amide bonds. The van der Waals surface area contributed by atoms with E-state index in [4.69, 9.17) is 4.74 Å². The van der Waals surface area contributed by atoms with Gasteiger partial charge in [0.1, 0.15) is 0 Å². The first-order valence-corrected chi connectivity index (χ1v) is 7.45. The third kappa shape index (κ3) is 4.71. The van der Waals surface area contributed by atoms with Crippen LogP contribution in [0.4, 0.5) is 0 Å². The van der Waals surface area contributed by atoms with Gasteiger partial charge >= 0.3 is 0 Å². The Morgan fingerprint density at radius 1 is 1.33 bits per heavy atom. The van der Waals surface area contributed by atoms with Crippen LogP contribution >= 0.6 is 15.9 Å². The molecule has 18 heavy (non-hydrogen) atoms. The van der Waals surface area contributed by atoms with E-state index in [1.807, 2.05) is 0 Å². The van der Waals surface area contributed by atoms with Crippen molar-refractivity contribution in [2.45, 2.75) is 46.3 Å². The first-order chi connectivity index (χ1) is 8.56. The maximum absolute atomic E-state index is 5.77. The fraction of sp³-hybridized carbons (Fsp3) is 0.600. The van der Waals surface area contributed by atoms with Gasteiger partial charge in [-0.15, -0.1) is 0 Å². The summed E-state index contributed by atoms with van der Waals surface area (Å²) in [6.07, 6.45) is 1.40. The molecule has 1 unspecified atom stereocenters. The summed E-state index contributed by atoms with van der Waals surface area (Å²) in [6, 6.07) is 6.61. The predicted octanol–water partition coefficient (Wildman–Crippen LogP) is 4.22. The van der Waals surface area contributed by atoms with Gasteiger partial charge in [0.05, 0.1) is 18.8 Å². The van der Waals surface area contributed by atoms with E-state index in [0.29, 0.717) is 0 Å². The predicted molar refractivity (Wildman–Crippen MR) is 81.0 cm³/mol. The van der Waals surface area contributed by atoms with E-state index >= 15 is 0 Å². The lowest BCUT2D eigenvalue weighted by Crippen LogP contribution is -2.28. The summed E-state index contributed by atoms with van der Waals surface area (Å²) in [6.45, 7) is 10.2. The number of hydrogen-bond donors (Lipinski definition) is 1. The number of rotatable bonds is 7. The van der Waals surface area contributed by atoms with Crippen molar-refractivity contribution in [3.8, 4) is 0 Å². The standard InChI is InChI=1S/C15H24BrNO/c1-5-9-17-15(10-18-11(2)3)13-7-6-8-14(16)12(13)4/h6-8,11,15,17H,5,9-10H2,1-4H3. The molecule has 1 aromatic carbocycles. The van der Waals surface area contributed by atoms with Crippen molar-refractivity contribution in [1.82, 2.24) is 5.32 Å². The highest BCUT2D eigenvalue weighted by atomic mass is 79.9. The lowest BCUT2D eigenvalue weighted by atomic mass is 10.0. The van der Waals surface area contributed by atoms with Crippen LogP contribution in [0.15, 0.2) is 22.7 Å². The zero-order valence-electron chi connectivity index (χ0n) is 11.8. The molecule has 0 bridgehead atoms. The third-order valence-corrected chi connectivity index (χ3v) is 3.78. The van der Waals surface area contributed by atoms with Crippen LogP contribution in [0, 0.1) is 6.92 Å². The van der Waals surface area contributed by atoms with Crippen LogP contribution in [0.1, 0.15) is 44.4 Å². The van der Waals surface area contributed by atoms with Gasteiger partial charge in [0.15, 0.2) is 0 Å². The van der Waals surface area contributed by atoms with Crippen molar-refractivity contribution in [3.63, 3.8) is 0 Å². The van der Waals surface area contributed by atoms with Gasteiger partial charge in [-0.1, -0.05) is 35.0 Å². The molecular weight excluding hydrogens is 290 g/mol. The lowest BCUT2D eigenvalue weighted by Gasteiger charge is -2.22. The van der Waals surface area contributed by atoms with E-state index in [1.165, 1.54) is 11.1 Å². The van der Waals surface area contributed by atoms with Crippen LogP contribution < -0.4 is 5.32 Å². The normalized spacial score (nSPS) is 13.0. The molecule has 0 aliphatic heterocycles. The van der Waals surface area contributed by atoms with Crippen LogP contribution in [-0.2, 0) is 4.74 Å². The number of nitrogens with one attached hydrogen (secondary N) is 1. The second-order valence-electron chi connectivity index (χ2n) is 4.84. The first kappa shape index (κ1) is 15.7. The van der Waals surface area contributed by atoms with Gasteiger partial charge in [0.2, 0.25) is 0 Å². The molecule has 0 saturated carbocycles. The van der Waals surface area contributed by atoms with Crippen molar-refractivity contribution in [2.24, 2.45) is 0 Å². The molecule has 2 nitrogen and oxygen atoms in total. The molecule has 0 radical (unpaired) electrons. The molecule has 0 fully saturated rings. The van der Waals surface area contributed by atoms with Gasteiger partial charge < -0.3 is 10.1 Å². The zero-order chi connectivity index (χ0) is 13.5. The summed E-state index contributed by atoms with van der Waals surface area (Å²) in [5.41, 5.74) is 2.61.